The summed E-state index contributed by atoms with van der Waals surface area (Å²) in [4.78, 5) is 0. The molecule has 0 bridgehead atoms. The minimum absolute atomic E-state index is 0.0661. The molecule has 0 aliphatic carbocycles. The van der Waals surface area contributed by atoms with Crippen LogP contribution in [0.1, 0.15) is 55.5 Å². The van der Waals surface area contributed by atoms with Crippen LogP contribution in [-0.4, -0.2) is 17.4 Å². The van der Waals surface area contributed by atoms with Crippen molar-refractivity contribution in [2.24, 2.45) is 0 Å². The topological polar surface area (TPSA) is 14.2 Å². The predicted octanol–water partition coefficient (Wildman–Crippen LogP) is 6.15. The summed E-state index contributed by atoms with van der Waals surface area (Å²) in [6.07, 6.45) is -4.20. The zero-order valence-electron chi connectivity index (χ0n) is 16.9. The Morgan fingerprint density at radius 1 is 1.21 bits per heavy atom. The molecule has 0 saturated heterocycles. The summed E-state index contributed by atoms with van der Waals surface area (Å²) in [6, 6.07) is 17.3. The third-order valence-corrected chi connectivity index (χ3v) is 5.92. The maximum Gasteiger partial charge on any atom is 0.423 e. The average Bonchev–Trinajstić information content (AvgIpc) is 3.02. The molecule has 2 aromatic carbocycles. The molecule has 0 N–H and O–H groups in total. The lowest BCUT2D eigenvalue weighted by molar-refractivity contribution is -0.292. The Balaban J connectivity index is 2.10. The molecule has 1 unspecified atom stereocenters. The lowest BCUT2D eigenvalue weighted by Gasteiger charge is -2.39. The molecule has 2 heterocycles. The van der Waals surface area contributed by atoms with Crippen molar-refractivity contribution in [1.82, 2.24) is 4.57 Å². The Morgan fingerprint density at radius 3 is 2.62 bits per heavy atom. The highest BCUT2D eigenvalue weighted by atomic mass is 19.4. The molecule has 0 saturated carbocycles. The first kappa shape index (κ1) is 19.8. The van der Waals surface area contributed by atoms with E-state index < -0.39 is 11.8 Å². The Kier molecular flexibility index (Phi) is 4.86. The minimum Gasteiger partial charge on any atom is -0.359 e. The smallest absolute Gasteiger partial charge is 0.359 e. The van der Waals surface area contributed by atoms with Gasteiger partial charge in [-0.15, -0.1) is 0 Å². The monoisotopic (exact) mass is 399 g/mol. The predicted molar refractivity (Wildman–Crippen MR) is 107 cm³/mol. The number of benzene rings is 1. The van der Waals surface area contributed by atoms with Crippen LogP contribution >= 0.6 is 0 Å². The average molecular weight is 399 g/mol. The molecule has 1 aliphatic rings. The summed E-state index contributed by atoms with van der Waals surface area (Å²) in [5.41, 5.74) is 1.42. The standard InChI is InChI=1S/C24H24F3NO/c1-4-23(24(25,26)27)22-20(13-14-29-23)19-12-8-11-18(16(2)3)21(19)28(22)15-17-9-6-5-7-10-17/h5-6,8-9,11-12,16H,4,13-15H2,1-3H3. The Hall–Kier alpha value is -2.45. The maximum atomic E-state index is 14.4. The Labute approximate surface area is 169 Å². The van der Waals surface area contributed by atoms with E-state index in [0.717, 1.165) is 27.6 Å². The molecule has 0 amide bonds. The van der Waals surface area contributed by atoms with Gasteiger partial charge in [-0.1, -0.05) is 57.2 Å². The quantitative estimate of drug-likeness (QED) is 0.513. The van der Waals surface area contributed by atoms with Crippen molar-refractivity contribution >= 4 is 10.9 Å². The van der Waals surface area contributed by atoms with Gasteiger partial charge < -0.3 is 9.30 Å². The molecule has 152 valence electrons. The molecule has 5 heteroatoms. The van der Waals surface area contributed by atoms with Crippen molar-refractivity contribution in [3.8, 4) is 0 Å². The van der Waals surface area contributed by atoms with E-state index in [4.69, 9.17) is 4.74 Å². The van der Waals surface area contributed by atoms with Gasteiger partial charge in [-0.05, 0) is 42.0 Å². The molecule has 2 nitrogen and oxygen atoms in total. The van der Waals surface area contributed by atoms with Crippen molar-refractivity contribution in [1.29, 1.82) is 0 Å². The number of fused-ring (bicyclic) bond motifs is 3. The molecule has 0 spiro atoms. The molecule has 1 aromatic heterocycles. The molecule has 0 fully saturated rings. The fourth-order valence-electron chi connectivity index (χ4n) is 4.58. The van der Waals surface area contributed by atoms with Crippen LogP contribution in [0.4, 0.5) is 13.2 Å². The van der Waals surface area contributed by atoms with Crippen LogP contribution in [0.3, 0.4) is 0 Å². The second kappa shape index (κ2) is 7.11. The molecule has 3 aromatic rings. The summed E-state index contributed by atoms with van der Waals surface area (Å²) in [5.74, 6) is 0.183. The molecule has 1 atom stereocenters. The molecular weight excluding hydrogens is 375 g/mol. The first-order valence-electron chi connectivity index (χ1n) is 10.0. The van der Waals surface area contributed by atoms with Crippen molar-refractivity contribution in [2.45, 2.75) is 57.9 Å². The van der Waals surface area contributed by atoms with E-state index in [-0.39, 0.29) is 24.6 Å². The lowest BCUT2D eigenvalue weighted by Crippen LogP contribution is -2.49. The second-order valence-corrected chi connectivity index (χ2v) is 7.91. The zero-order chi connectivity index (χ0) is 20.8. The van der Waals surface area contributed by atoms with Crippen LogP contribution in [0.25, 0.3) is 10.9 Å². The lowest BCUT2D eigenvalue weighted by atomic mass is 9.88. The molecule has 29 heavy (non-hydrogen) atoms. The summed E-state index contributed by atoms with van der Waals surface area (Å²) >= 11 is 0. The van der Waals surface area contributed by atoms with Gasteiger partial charge in [-0.3, -0.25) is 0 Å². The van der Waals surface area contributed by atoms with Gasteiger partial charge in [0.25, 0.3) is 0 Å². The molecule has 0 radical (unpaired) electrons. The minimum atomic E-state index is -4.51. The number of hydrogen-bond acceptors (Lipinski definition) is 1. The van der Waals surface area contributed by atoms with E-state index in [1.54, 1.807) is 13.0 Å². The van der Waals surface area contributed by atoms with Gasteiger partial charge in [0.2, 0.25) is 5.60 Å². The molecular formula is C24H24F3NO. The van der Waals surface area contributed by atoms with Crippen LogP contribution < -0.4 is 0 Å². The van der Waals surface area contributed by atoms with Crippen molar-refractivity contribution in [3.05, 3.63) is 70.9 Å². The van der Waals surface area contributed by atoms with Crippen LogP contribution in [0.2, 0.25) is 0 Å². The third kappa shape index (κ3) is 3.02. The van der Waals surface area contributed by atoms with E-state index in [9.17, 15) is 13.2 Å². The van der Waals surface area contributed by atoms with Gasteiger partial charge in [0.1, 0.15) is 0 Å². The third-order valence-electron chi connectivity index (χ3n) is 5.92. The molecule has 4 rings (SSSR count). The van der Waals surface area contributed by atoms with Crippen molar-refractivity contribution < 1.29 is 17.9 Å². The van der Waals surface area contributed by atoms with E-state index in [1.165, 1.54) is 0 Å². The van der Waals surface area contributed by atoms with Crippen molar-refractivity contribution in [2.75, 3.05) is 6.61 Å². The number of nitrogens with zero attached hydrogens (tertiary/aromatic N) is 1. The molecule has 1 aliphatic heterocycles. The largest absolute Gasteiger partial charge is 0.423 e. The Morgan fingerprint density at radius 2 is 2.00 bits per heavy atom. The first-order chi connectivity index (χ1) is 13.8. The van der Waals surface area contributed by atoms with Crippen LogP contribution in [0.5, 0.6) is 0 Å². The van der Waals surface area contributed by atoms with Gasteiger partial charge in [-0.2, -0.15) is 13.2 Å². The number of ether oxygens (including phenoxy) is 1. The highest BCUT2D eigenvalue weighted by Crippen LogP contribution is 2.51. The highest BCUT2D eigenvalue weighted by Gasteiger charge is 2.60. The summed E-state index contributed by atoms with van der Waals surface area (Å²) in [5, 5.41) is 0.900. The van der Waals surface area contributed by atoms with Gasteiger partial charge in [0, 0.05) is 10.9 Å². The van der Waals surface area contributed by atoms with E-state index in [0.29, 0.717) is 13.0 Å². The zero-order valence-corrected chi connectivity index (χ0v) is 16.9. The number of rotatable bonds is 4. The fourth-order valence-corrected chi connectivity index (χ4v) is 4.58. The number of aromatic nitrogens is 1. The van der Waals surface area contributed by atoms with E-state index in [1.807, 2.05) is 34.9 Å². The number of para-hydroxylation sites is 1. The Bertz CT molecular complexity index is 1020. The van der Waals surface area contributed by atoms with Crippen LogP contribution in [0.15, 0.2) is 36.4 Å². The van der Waals surface area contributed by atoms with Gasteiger partial charge in [0.05, 0.1) is 24.4 Å². The summed E-state index contributed by atoms with van der Waals surface area (Å²) in [6.45, 7) is 6.06. The SMILES string of the molecule is CCC1(C(F)(F)F)OCCc2c1n(Cc1c#cccc1)c1c(C(C)C)cccc21. The van der Waals surface area contributed by atoms with Crippen LogP contribution in [0, 0.1) is 12.1 Å². The highest BCUT2D eigenvalue weighted by molar-refractivity contribution is 5.89. The fraction of sp³-hybridized carbons (Fsp3) is 0.417. The van der Waals surface area contributed by atoms with Gasteiger partial charge in [-0.25, -0.2) is 0 Å². The number of hydrogen-bond donors (Lipinski definition) is 0. The van der Waals surface area contributed by atoms with Crippen molar-refractivity contribution in [3.63, 3.8) is 0 Å². The summed E-state index contributed by atoms with van der Waals surface area (Å²) < 4.78 is 50.7. The maximum absolute atomic E-state index is 14.4. The van der Waals surface area contributed by atoms with Crippen LogP contribution in [-0.2, 0) is 23.3 Å². The summed E-state index contributed by atoms with van der Waals surface area (Å²) in [7, 11) is 0. The first-order valence-corrected chi connectivity index (χ1v) is 10.0. The van der Waals surface area contributed by atoms with Gasteiger partial charge >= 0.3 is 6.18 Å². The van der Waals surface area contributed by atoms with E-state index >= 15 is 0 Å². The second-order valence-electron chi connectivity index (χ2n) is 7.91. The number of halogens is 3. The normalized spacial score (nSPS) is 19.4. The van der Waals surface area contributed by atoms with Gasteiger partial charge in [0.15, 0.2) is 0 Å². The van der Waals surface area contributed by atoms with E-state index in [2.05, 4.69) is 26.0 Å². The number of alkyl halides is 3.